The van der Waals surface area contributed by atoms with Gasteiger partial charge in [-0.3, -0.25) is 4.40 Å². The fraction of sp³-hybridized carbons (Fsp3) is 0.231. The molecule has 4 nitrogen and oxygen atoms in total. The third-order valence-corrected chi connectivity index (χ3v) is 3.87. The first-order chi connectivity index (χ1) is 8.83. The summed E-state index contributed by atoms with van der Waals surface area (Å²) in [6.07, 6.45) is 1.06. The normalized spacial score (nSPS) is 11.2. The summed E-state index contributed by atoms with van der Waals surface area (Å²) in [4.78, 5) is 0.894. The molecule has 0 aliphatic carbocycles. The number of fused-ring (bicyclic) bond motifs is 1. The van der Waals surface area contributed by atoms with E-state index in [1.807, 2.05) is 4.40 Å². The molecule has 0 saturated heterocycles. The number of aromatic nitrogens is 3. The fourth-order valence-electron chi connectivity index (χ4n) is 2.02. The third-order valence-electron chi connectivity index (χ3n) is 3.06. The number of hydrogen-bond donors (Lipinski definition) is 1. The molecule has 2 aromatic heterocycles. The summed E-state index contributed by atoms with van der Waals surface area (Å²) >= 11 is 1.59. The molecule has 0 aliphatic rings. The lowest BCUT2D eigenvalue weighted by Gasteiger charge is -2.03. The summed E-state index contributed by atoms with van der Waals surface area (Å²) < 4.78 is 2.03. The molecule has 3 rings (SSSR count). The van der Waals surface area contributed by atoms with Gasteiger partial charge in [-0.15, -0.1) is 21.5 Å². The van der Waals surface area contributed by atoms with Crippen molar-refractivity contribution in [3.8, 4) is 11.3 Å². The van der Waals surface area contributed by atoms with E-state index in [0.717, 1.165) is 22.9 Å². The lowest BCUT2D eigenvalue weighted by molar-refractivity contribution is 0.887. The Balaban J connectivity index is 2.14. The quantitative estimate of drug-likeness (QED) is 0.785. The molecule has 18 heavy (non-hydrogen) atoms. The van der Waals surface area contributed by atoms with Gasteiger partial charge in [0.2, 0.25) is 4.96 Å². The Hall–Kier alpha value is -1.72. The molecule has 0 aliphatic heterocycles. The molecule has 0 bridgehead atoms. The van der Waals surface area contributed by atoms with Gasteiger partial charge in [-0.2, -0.15) is 0 Å². The van der Waals surface area contributed by atoms with Gasteiger partial charge in [0, 0.05) is 5.38 Å². The van der Waals surface area contributed by atoms with E-state index in [1.54, 1.807) is 11.3 Å². The zero-order chi connectivity index (χ0) is 12.5. The summed E-state index contributed by atoms with van der Waals surface area (Å²) in [5.41, 5.74) is 9.32. The smallest absolute Gasteiger partial charge is 0.216 e. The van der Waals surface area contributed by atoms with Crippen LogP contribution in [0.25, 0.3) is 16.2 Å². The molecule has 3 aromatic rings. The van der Waals surface area contributed by atoms with E-state index in [0.29, 0.717) is 6.54 Å². The molecule has 0 unspecified atom stereocenters. The Labute approximate surface area is 109 Å². The first kappa shape index (κ1) is 11.4. The Morgan fingerprint density at radius 2 is 2.00 bits per heavy atom. The van der Waals surface area contributed by atoms with Crippen LogP contribution in [0.1, 0.15) is 18.3 Å². The van der Waals surface area contributed by atoms with E-state index in [2.05, 4.69) is 46.8 Å². The molecule has 0 fully saturated rings. The van der Waals surface area contributed by atoms with Crippen molar-refractivity contribution in [2.45, 2.75) is 19.9 Å². The first-order valence-corrected chi connectivity index (χ1v) is 6.82. The summed E-state index contributed by atoms with van der Waals surface area (Å²) in [5.74, 6) is 0.806. The highest BCUT2D eigenvalue weighted by Gasteiger charge is 2.11. The van der Waals surface area contributed by atoms with Crippen molar-refractivity contribution in [3.05, 3.63) is 41.0 Å². The van der Waals surface area contributed by atoms with Crippen molar-refractivity contribution >= 4 is 16.3 Å². The van der Waals surface area contributed by atoms with Crippen LogP contribution in [0.2, 0.25) is 0 Å². The lowest BCUT2D eigenvalue weighted by Crippen LogP contribution is -2.03. The number of nitrogens with two attached hydrogens (primary N) is 1. The van der Waals surface area contributed by atoms with E-state index in [4.69, 9.17) is 5.73 Å². The standard InChI is InChI=1S/C13H14N4S/c1-2-9-3-5-10(6-4-9)11-8-18-13-16-15-12(7-14)17(11)13/h3-6,8H,2,7,14H2,1H3. The van der Waals surface area contributed by atoms with Crippen molar-refractivity contribution in [2.24, 2.45) is 5.73 Å². The Bertz CT molecular complexity index is 666. The summed E-state index contributed by atoms with van der Waals surface area (Å²) in [6.45, 7) is 2.56. The second-order valence-electron chi connectivity index (χ2n) is 4.11. The molecule has 92 valence electrons. The maximum absolute atomic E-state index is 5.69. The highest BCUT2D eigenvalue weighted by atomic mass is 32.1. The monoisotopic (exact) mass is 258 g/mol. The van der Waals surface area contributed by atoms with Gasteiger partial charge >= 0.3 is 0 Å². The van der Waals surface area contributed by atoms with Gasteiger partial charge in [0.1, 0.15) is 0 Å². The summed E-state index contributed by atoms with van der Waals surface area (Å²) in [5, 5.41) is 10.3. The van der Waals surface area contributed by atoms with Crippen LogP contribution in [0.3, 0.4) is 0 Å². The van der Waals surface area contributed by atoms with E-state index in [1.165, 1.54) is 11.1 Å². The Morgan fingerprint density at radius 1 is 1.22 bits per heavy atom. The molecule has 0 radical (unpaired) electrons. The molecular formula is C13H14N4S. The zero-order valence-corrected chi connectivity index (χ0v) is 10.9. The second-order valence-corrected chi connectivity index (χ2v) is 4.95. The summed E-state index contributed by atoms with van der Waals surface area (Å²) in [7, 11) is 0. The number of benzene rings is 1. The van der Waals surface area contributed by atoms with Crippen LogP contribution in [0.15, 0.2) is 29.6 Å². The summed E-state index contributed by atoms with van der Waals surface area (Å²) in [6, 6.07) is 8.60. The van der Waals surface area contributed by atoms with Crippen LogP contribution in [0.5, 0.6) is 0 Å². The average Bonchev–Trinajstić information content (AvgIpc) is 3.00. The molecule has 2 heterocycles. The third kappa shape index (κ3) is 1.72. The van der Waals surface area contributed by atoms with Gasteiger partial charge < -0.3 is 5.73 Å². The van der Waals surface area contributed by atoms with Gasteiger partial charge in [0.05, 0.1) is 12.2 Å². The van der Waals surface area contributed by atoms with Crippen molar-refractivity contribution in [2.75, 3.05) is 0 Å². The predicted molar refractivity (Wildman–Crippen MR) is 73.6 cm³/mol. The molecule has 1 aromatic carbocycles. The van der Waals surface area contributed by atoms with Crippen molar-refractivity contribution < 1.29 is 0 Å². The van der Waals surface area contributed by atoms with Crippen LogP contribution in [0, 0.1) is 0 Å². The highest BCUT2D eigenvalue weighted by molar-refractivity contribution is 7.15. The number of thiazole rings is 1. The average molecular weight is 258 g/mol. The number of aryl methyl sites for hydroxylation is 1. The second kappa shape index (κ2) is 4.51. The zero-order valence-electron chi connectivity index (χ0n) is 10.1. The van der Waals surface area contributed by atoms with Crippen LogP contribution < -0.4 is 5.73 Å². The lowest BCUT2D eigenvalue weighted by atomic mass is 10.1. The number of hydrogen-bond acceptors (Lipinski definition) is 4. The fourth-order valence-corrected chi connectivity index (χ4v) is 2.88. The van der Waals surface area contributed by atoms with Gasteiger partial charge in [-0.05, 0) is 17.5 Å². The molecule has 0 spiro atoms. The van der Waals surface area contributed by atoms with E-state index >= 15 is 0 Å². The van der Waals surface area contributed by atoms with Crippen molar-refractivity contribution in [3.63, 3.8) is 0 Å². The van der Waals surface area contributed by atoms with Gasteiger partial charge in [0.15, 0.2) is 5.82 Å². The van der Waals surface area contributed by atoms with Gasteiger partial charge in [0.25, 0.3) is 0 Å². The molecule has 2 N–H and O–H groups in total. The largest absolute Gasteiger partial charge is 0.324 e. The molecule has 0 amide bonds. The molecule has 0 atom stereocenters. The van der Waals surface area contributed by atoms with Crippen LogP contribution in [-0.4, -0.2) is 14.6 Å². The Kier molecular flexibility index (Phi) is 2.85. The maximum atomic E-state index is 5.69. The predicted octanol–water partition coefficient (Wildman–Crippen LogP) is 2.48. The Morgan fingerprint density at radius 3 is 2.67 bits per heavy atom. The number of rotatable bonds is 3. The van der Waals surface area contributed by atoms with Crippen molar-refractivity contribution in [1.82, 2.24) is 14.6 Å². The minimum atomic E-state index is 0.401. The van der Waals surface area contributed by atoms with E-state index in [9.17, 15) is 0 Å². The van der Waals surface area contributed by atoms with Crippen LogP contribution >= 0.6 is 11.3 Å². The SMILES string of the molecule is CCc1ccc(-c2csc3nnc(CN)n23)cc1. The maximum Gasteiger partial charge on any atom is 0.216 e. The van der Waals surface area contributed by atoms with E-state index in [-0.39, 0.29) is 0 Å². The van der Waals surface area contributed by atoms with Crippen LogP contribution in [0.4, 0.5) is 0 Å². The minimum absolute atomic E-state index is 0.401. The first-order valence-electron chi connectivity index (χ1n) is 5.94. The minimum Gasteiger partial charge on any atom is -0.324 e. The van der Waals surface area contributed by atoms with Gasteiger partial charge in [-0.25, -0.2) is 0 Å². The molecule has 5 heteroatoms. The molecule has 0 saturated carbocycles. The topological polar surface area (TPSA) is 56.2 Å². The highest BCUT2D eigenvalue weighted by Crippen LogP contribution is 2.26. The van der Waals surface area contributed by atoms with Crippen molar-refractivity contribution in [1.29, 1.82) is 0 Å². The molecular weight excluding hydrogens is 244 g/mol. The van der Waals surface area contributed by atoms with Crippen LogP contribution in [-0.2, 0) is 13.0 Å². The number of nitrogens with zero attached hydrogens (tertiary/aromatic N) is 3. The van der Waals surface area contributed by atoms with E-state index < -0.39 is 0 Å². The van der Waals surface area contributed by atoms with Gasteiger partial charge in [-0.1, -0.05) is 31.2 Å².